The van der Waals surface area contributed by atoms with Crippen LogP contribution in [0.15, 0.2) is 11.3 Å². The number of rotatable bonds is 1. The molecule has 4 nitrogen and oxygen atoms in total. The van der Waals surface area contributed by atoms with Gasteiger partial charge in [0.1, 0.15) is 5.76 Å². The van der Waals surface area contributed by atoms with Gasteiger partial charge in [-0.2, -0.15) is 0 Å². The Morgan fingerprint density at radius 3 is 2.70 bits per heavy atom. The minimum Gasteiger partial charge on any atom is -0.510 e. The third kappa shape index (κ3) is 1.27. The fourth-order valence-electron chi connectivity index (χ4n) is 0.902. The number of nitrogens with one attached hydrogen (secondary N) is 1. The van der Waals surface area contributed by atoms with Crippen molar-refractivity contribution in [3.63, 3.8) is 0 Å². The van der Waals surface area contributed by atoms with Gasteiger partial charge in [-0.1, -0.05) is 0 Å². The fraction of sp³-hybridized carbons (Fsp3) is 0.500. The Bertz CT molecular complexity index is 185. The number of hydrogen-bond acceptors (Lipinski definition) is 3. The molecule has 0 aromatic heterocycles. The Labute approximate surface area is 58.2 Å². The normalized spacial score (nSPS) is 19.2. The second-order valence-electron chi connectivity index (χ2n) is 2.16. The predicted octanol–water partition coefficient (Wildman–Crippen LogP) is -0.124. The summed E-state index contributed by atoms with van der Waals surface area (Å²) in [5.41, 5.74) is 0.138. The fourth-order valence-corrected chi connectivity index (χ4v) is 0.902. The first-order valence-electron chi connectivity index (χ1n) is 3.07. The van der Waals surface area contributed by atoms with E-state index in [4.69, 9.17) is 10.2 Å². The van der Waals surface area contributed by atoms with Crippen molar-refractivity contribution in [1.82, 2.24) is 5.32 Å². The van der Waals surface area contributed by atoms with E-state index in [0.717, 1.165) is 0 Å². The Morgan fingerprint density at radius 2 is 2.30 bits per heavy atom. The SMILES string of the molecule is O=C(O)C1=C(O)CNCC1. The average Bonchev–Trinajstić information content (AvgIpc) is 1.88. The van der Waals surface area contributed by atoms with Crippen LogP contribution in [0.5, 0.6) is 0 Å². The molecule has 0 aliphatic carbocycles. The second kappa shape index (κ2) is 2.70. The monoisotopic (exact) mass is 143 g/mol. The molecule has 0 unspecified atom stereocenters. The number of carboxylic acid groups (broad SMARTS) is 1. The third-order valence-electron chi connectivity index (χ3n) is 1.45. The molecule has 0 fully saturated rings. The van der Waals surface area contributed by atoms with Crippen LogP contribution in [0.2, 0.25) is 0 Å². The number of carboxylic acids is 1. The van der Waals surface area contributed by atoms with E-state index < -0.39 is 5.97 Å². The highest BCUT2D eigenvalue weighted by Crippen LogP contribution is 2.09. The summed E-state index contributed by atoms with van der Waals surface area (Å²) < 4.78 is 0. The molecular formula is C6H9NO3. The Kier molecular flexibility index (Phi) is 1.91. The van der Waals surface area contributed by atoms with Gasteiger partial charge in [0.25, 0.3) is 0 Å². The van der Waals surface area contributed by atoms with Gasteiger partial charge in [-0.15, -0.1) is 0 Å². The lowest BCUT2D eigenvalue weighted by Crippen LogP contribution is -2.27. The second-order valence-corrected chi connectivity index (χ2v) is 2.16. The third-order valence-corrected chi connectivity index (χ3v) is 1.45. The first kappa shape index (κ1) is 7.08. The molecule has 0 bridgehead atoms. The maximum absolute atomic E-state index is 10.3. The molecular weight excluding hydrogens is 134 g/mol. The quantitative estimate of drug-likeness (QED) is 0.478. The Hall–Kier alpha value is -1.03. The van der Waals surface area contributed by atoms with Crippen molar-refractivity contribution < 1.29 is 15.0 Å². The van der Waals surface area contributed by atoms with Crippen LogP contribution < -0.4 is 5.32 Å². The summed E-state index contributed by atoms with van der Waals surface area (Å²) in [6.45, 7) is 0.910. The van der Waals surface area contributed by atoms with Crippen LogP contribution in [0.4, 0.5) is 0 Å². The van der Waals surface area contributed by atoms with Gasteiger partial charge in [0.2, 0.25) is 0 Å². The Balaban J connectivity index is 2.78. The van der Waals surface area contributed by atoms with Crippen LogP contribution in [-0.4, -0.2) is 29.3 Å². The number of hydrogen-bond donors (Lipinski definition) is 3. The van der Waals surface area contributed by atoms with Gasteiger partial charge in [-0.25, -0.2) is 4.79 Å². The van der Waals surface area contributed by atoms with Crippen molar-refractivity contribution in [2.45, 2.75) is 6.42 Å². The molecule has 1 aliphatic rings. The average molecular weight is 143 g/mol. The van der Waals surface area contributed by atoms with Crippen molar-refractivity contribution in [1.29, 1.82) is 0 Å². The van der Waals surface area contributed by atoms with Gasteiger partial charge < -0.3 is 15.5 Å². The summed E-state index contributed by atoms with van der Waals surface area (Å²) in [7, 11) is 0. The van der Waals surface area contributed by atoms with Crippen LogP contribution in [0.3, 0.4) is 0 Å². The lowest BCUT2D eigenvalue weighted by molar-refractivity contribution is -0.133. The molecule has 0 aromatic carbocycles. The molecule has 0 atom stereocenters. The Morgan fingerprint density at radius 1 is 1.60 bits per heavy atom. The van der Waals surface area contributed by atoms with E-state index in [-0.39, 0.29) is 17.9 Å². The van der Waals surface area contributed by atoms with E-state index in [2.05, 4.69) is 5.32 Å². The number of aliphatic hydroxyl groups excluding tert-OH is 1. The first-order valence-corrected chi connectivity index (χ1v) is 3.07. The molecule has 0 aromatic rings. The molecule has 4 heteroatoms. The highest BCUT2D eigenvalue weighted by atomic mass is 16.4. The molecule has 0 spiro atoms. The van der Waals surface area contributed by atoms with Crippen LogP contribution in [0.1, 0.15) is 6.42 Å². The summed E-state index contributed by atoms with van der Waals surface area (Å²) in [6, 6.07) is 0. The smallest absolute Gasteiger partial charge is 0.335 e. The van der Waals surface area contributed by atoms with Gasteiger partial charge in [-0.05, 0) is 13.0 Å². The molecule has 1 rings (SSSR count). The summed E-state index contributed by atoms with van der Waals surface area (Å²) in [6.07, 6.45) is 0.404. The van der Waals surface area contributed by atoms with Crippen LogP contribution in [0, 0.1) is 0 Å². The lowest BCUT2D eigenvalue weighted by Gasteiger charge is -2.13. The summed E-state index contributed by atoms with van der Waals surface area (Å²) in [5.74, 6) is -1.06. The van der Waals surface area contributed by atoms with Crippen molar-refractivity contribution >= 4 is 5.97 Å². The van der Waals surface area contributed by atoms with E-state index in [1.807, 2.05) is 0 Å². The molecule has 1 aliphatic heterocycles. The van der Waals surface area contributed by atoms with E-state index in [0.29, 0.717) is 13.0 Å². The van der Waals surface area contributed by atoms with Crippen molar-refractivity contribution in [3.05, 3.63) is 11.3 Å². The zero-order valence-electron chi connectivity index (χ0n) is 5.42. The molecule has 56 valence electrons. The van der Waals surface area contributed by atoms with E-state index >= 15 is 0 Å². The van der Waals surface area contributed by atoms with E-state index in [1.165, 1.54) is 0 Å². The summed E-state index contributed by atoms with van der Waals surface area (Å²) in [5, 5.41) is 20.3. The topological polar surface area (TPSA) is 69.6 Å². The summed E-state index contributed by atoms with van der Waals surface area (Å²) in [4.78, 5) is 10.3. The highest BCUT2D eigenvalue weighted by molar-refractivity contribution is 5.87. The molecule has 0 radical (unpaired) electrons. The maximum Gasteiger partial charge on any atom is 0.335 e. The van der Waals surface area contributed by atoms with E-state index in [1.54, 1.807) is 0 Å². The van der Waals surface area contributed by atoms with Gasteiger partial charge in [-0.3, -0.25) is 0 Å². The van der Waals surface area contributed by atoms with Gasteiger partial charge in [0.05, 0.1) is 12.1 Å². The first-order chi connectivity index (χ1) is 4.72. The highest BCUT2D eigenvalue weighted by Gasteiger charge is 2.16. The minimum absolute atomic E-state index is 0.0428. The van der Waals surface area contributed by atoms with Gasteiger partial charge >= 0.3 is 5.97 Å². The summed E-state index contributed by atoms with van der Waals surface area (Å²) >= 11 is 0. The predicted molar refractivity (Wildman–Crippen MR) is 34.8 cm³/mol. The molecule has 1 heterocycles. The van der Waals surface area contributed by atoms with Crippen LogP contribution in [-0.2, 0) is 4.79 Å². The van der Waals surface area contributed by atoms with Crippen LogP contribution >= 0.6 is 0 Å². The van der Waals surface area contributed by atoms with Crippen molar-refractivity contribution in [2.24, 2.45) is 0 Å². The van der Waals surface area contributed by atoms with Gasteiger partial charge in [0.15, 0.2) is 0 Å². The van der Waals surface area contributed by atoms with Crippen LogP contribution in [0.25, 0.3) is 0 Å². The standard InChI is InChI=1S/C6H9NO3/c8-5-3-7-2-1-4(5)6(9)10/h7-8H,1-3H2,(H,9,10). The number of aliphatic carboxylic acids is 1. The number of aliphatic hydroxyl groups is 1. The zero-order chi connectivity index (χ0) is 7.56. The maximum atomic E-state index is 10.3. The van der Waals surface area contributed by atoms with Crippen molar-refractivity contribution in [2.75, 3.05) is 13.1 Å². The molecule has 0 amide bonds. The van der Waals surface area contributed by atoms with Gasteiger partial charge in [0, 0.05) is 0 Å². The molecule has 3 N–H and O–H groups in total. The van der Waals surface area contributed by atoms with E-state index in [9.17, 15) is 4.79 Å². The molecule has 10 heavy (non-hydrogen) atoms. The molecule has 0 saturated carbocycles. The van der Waals surface area contributed by atoms with Crippen molar-refractivity contribution in [3.8, 4) is 0 Å². The number of carbonyl (C=O) groups is 1. The largest absolute Gasteiger partial charge is 0.510 e. The minimum atomic E-state index is -1.01. The zero-order valence-corrected chi connectivity index (χ0v) is 5.42. The molecule has 0 saturated heterocycles. The lowest BCUT2D eigenvalue weighted by atomic mass is 10.1.